The molecular formula is C10H21N. The number of hydrogen-bond donors (Lipinski definition) is 0. The maximum absolute atomic E-state index is 3.79. The highest BCUT2D eigenvalue weighted by Gasteiger charge is 2.23. The lowest BCUT2D eigenvalue weighted by Crippen LogP contribution is -2.22. The first-order chi connectivity index (χ1) is 5.24. The number of nitrogens with zero attached hydrogens (tertiary/aromatic N) is 1. The highest BCUT2D eigenvalue weighted by Crippen LogP contribution is 2.20. The monoisotopic (exact) mass is 155 g/mol. The van der Waals surface area contributed by atoms with Crippen LogP contribution in [0, 0.1) is 5.92 Å². The molecule has 66 valence electrons. The van der Waals surface area contributed by atoms with Gasteiger partial charge in [0.25, 0.3) is 0 Å². The van der Waals surface area contributed by atoms with E-state index in [-0.39, 0.29) is 0 Å². The molecule has 1 rings (SSSR count). The Kier molecular flexibility index (Phi) is 5.22. The summed E-state index contributed by atoms with van der Waals surface area (Å²) < 4.78 is 0. The number of hydrogen-bond acceptors (Lipinski definition) is 1. The molecule has 0 bridgehead atoms. The summed E-state index contributed by atoms with van der Waals surface area (Å²) in [6.45, 7) is 11.3. The van der Waals surface area contributed by atoms with E-state index in [4.69, 9.17) is 0 Å². The lowest BCUT2D eigenvalue weighted by molar-refractivity contribution is 0.351. The van der Waals surface area contributed by atoms with E-state index in [1.54, 1.807) is 0 Å². The minimum atomic E-state index is 0.639. The number of likely N-dealkylation sites (N-methyl/N-ethyl adjacent to an activating group) is 1. The van der Waals surface area contributed by atoms with E-state index in [0.717, 1.165) is 5.92 Å². The Hall–Kier alpha value is -0.300. The smallest absolute Gasteiger partial charge is 0.0275 e. The zero-order chi connectivity index (χ0) is 8.85. The third-order valence-corrected chi connectivity index (χ3v) is 2.08. The van der Waals surface area contributed by atoms with Crippen LogP contribution in [-0.4, -0.2) is 24.5 Å². The average molecular weight is 155 g/mol. The molecule has 1 heteroatoms. The van der Waals surface area contributed by atoms with E-state index in [2.05, 4.69) is 25.5 Å². The largest absolute Gasteiger partial charge is 0.300 e. The Bertz CT molecular complexity index is 109. The first-order valence-corrected chi connectivity index (χ1v) is 4.57. The summed E-state index contributed by atoms with van der Waals surface area (Å²) in [5.41, 5.74) is 0. The first-order valence-electron chi connectivity index (χ1n) is 4.57. The van der Waals surface area contributed by atoms with Crippen molar-refractivity contribution >= 4 is 0 Å². The summed E-state index contributed by atoms with van der Waals surface area (Å²) >= 11 is 0. The van der Waals surface area contributed by atoms with Gasteiger partial charge in [-0.2, -0.15) is 0 Å². The predicted molar refractivity (Wildman–Crippen MR) is 51.7 cm³/mol. The van der Waals surface area contributed by atoms with Crippen LogP contribution in [0.3, 0.4) is 0 Å². The summed E-state index contributed by atoms with van der Waals surface area (Å²) in [6, 6.07) is 0.639. The molecule has 2 atom stereocenters. The fraction of sp³-hybridized carbons (Fsp3) is 0.800. The van der Waals surface area contributed by atoms with Crippen LogP contribution >= 0.6 is 0 Å². The Morgan fingerprint density at radius 3 is 2.18 bits per heavy atom. The minimum absolute atomic E-state index is 0.639. The topological polar surface area (TPSA) is 3.24 Å². The minimum Gasteiger partial charge on any atom is -0.300 e. The van der Waals surface area contributed by atoms with Crippen LogP contribution in [0.1, 0.15) is 27.2 Å². The standard InChI is InChI=1S/C8H15N.C2H6/c1-4-8-5-7(2)6-9(8)3;1-2/h4,7-8H,1,5-6H2,2-3H3;1-2H3. The molecule has 1 saturated heterocycles. The Morgan fingerprint density at radius 2 is 2.00 bits per heavy atom. The molecule has 1 nitrogen and oxygen atoms in total. The quantitative estimate of drug-likeness (QED) is 0.526. The van der Waals surface area contributed by atoms with Crippen molar-refractivity contribution in [2.75, 3.05) is 13.6 Å². The summed E-state index contributed by atoms with van der Waals surface area (Å²) in [5.74, 6) is 0.859. The van der Waals surface area contributed by atoms with Crippen LogP contribution in [0.15, 0.2) is 12.7 Å². The highest BCUT2D eigenvalue weighted by atomic mass is 15.1. The lowest BCUT2D eigenvalue weighted by Gasteiger charge is -2.13. The van der Waals surface area contributed by atoms with Crippen molar-refractivity contribution in [3.05, 3.63) is 12.7 Å². The van der Waals surface area contributed by atoms with Crippen molar-refractivity contribution in [1.82, 2.24) is 4.90 Å². The van der Waals surface area contributed by atoms with Crippen LogP contribution in [0.4, 0.5) is 0 Å². The van der Waals surface area contributed by atoms with E-state index in [9.17, 15) is 0 Å². The van der Waals surface area contributed by atoms with Crippen LogP contribution in [-0.2, 0) is 0 Å². The Morgan fingerprint density at radius 1 is 1.45 bits per heavy atom. The number of rotatable bonds is 1. The molecule has 0 spiro atoms. The van der Waals surface area contributed by atoms with Gasteiger partial charge in [-0.15, -0.1) is 6.58 Å². The molecular weight excluding hydrogens is 134 g/mol. The van der Waals surface area contributed by atoms with Gasteiger partial charge < -0.3 is 0 Å². The predicted octanol–water partition coefficient (Wildman–Crippen LogP) is 2.54. The van der Waals surface area contributed by atoms with Gasteiger partial charge in [-0.05, 0) is 19.4 Å². The normalized spacial score (nSPS) is 30.9. The van der Waals surface area contributed by atoms with Crippen LogP contribution < -0.4 is 0 Å². The van der Waals surface area contributed by atoms with E-state index in [0.29, 0.717) is 6.04 Å². The van der Waals surface area contributed by atoms with Crippen LogP contribution in [0.5, 0.6) is 0 Å². The van der Waals surface area contributed by atoms with Crippen molar-refractivity contribution in [2.45, 2.75) is 33.2 Å². The highest BCUT2D eigenvalue weighted by molar-refractivity contribution is 4.92. The Labute approximate surface area is 71.1 Å². The molecule has 0 aromatic heterocycles. The molecule has 0 aliphatic carbocycles. The average Bonchev–Trinajstić information content (AvgIpc) is 2.33. The van der Waals surface area contributed by atoms with Gasteiger partial charge in [-0.25, -0.2) is 0 Å². The lowest BCUT2D eigenvalue weighted by atomic mass is 10.1. The maximum atomic E-state index is 3.79. The molecule has 1 aliphatic rings. The maximum Gasteiger partial charge on any atom is 0.0275 e. The molecule has 2 unspecified atom stereocenters. The van der Waals surface area contributed by atoms with Gasteiger partial charge in [-0.1, -0.05) is 26.8 Å². The summed E-state index contributed by atoms with van der Waals surface area (Å²) in [7, 11) is 2.16. The summed E-state index contributed by atoms with van der Waals surface area (Å²) in [5, 5.41) is 0. The molecule has 0 saturated carbocycles. The second-order valence-electron chi connectivity index (χ2n) is 3.08. The Balaban J connectivity index is 0.000000461. The van der Waals surface area contributed by atoms with Crippen molar-refractivity contribution < 1.29 is 0 Å². The number of likely N-dealkylation sites (tertiary alicyclic amines) is 1. The van der Waals surface area contributed by atoms with E-state index < -0.39 is 0 Å². The molecule has 1 aliphatic heterocycles. The molecule has 0 N–H and O–H groups in total. The third-order valence-electron chi connectivity index (χ3n) is 2.08. The van der Waals surface area contributed by atoms with Crippen LogP contribution in [0.2, 0.25) is 0 Å². The van der Waals surface area contributed by atoms with Gasteiger partial charge in [0.2, 0.25) is 0 Å². The molecule has 1 heterocycles. The first kappa shape index (κ1) is 10.7. The second-order valence-corrected chi connectivity index (χ2v) is 3.08. The second kappa shape index (κ2) is 5.36. The molecule has 0 amide bonds. The van der Waals surface area contributed by atoms with Crippen molar-refractivity contribution in [3.63, 3.8) is 0 Å². The fourth-order valence-corrected chi connectivity index (χ4v) is 1.57. The SMILES string of the molecule is C=CC1CC(C)CN1C.CC. The van der Waals surface area contributed by atoms with Gasteiger partial charge in [0, 0.05) is 12.6 Å². The molecule has 0 aromatic rings. The summed E-state index contributed by atoms with van der Waals surface area (Å²) in [4.78, 5) is 2.36. The van der Waals surface area contributed by atoms with Gasteiger partial charge in [0.05, 0.1) is 0 Å². The summed E-state index contributed by atoms with van der Waals surface area (Å²) in [6.07, 6.45) is 3.34. The molecule has 0 aromatic carbocycles. The van der Waals surface area contributed by atoms with Crippen molar-refractivity contribution in [1.29, 1.82) is 0 Å². The van der Waals surface area contributed by atoms with Crippen molar-refractivity contribution in [2.24, 2.45) is 5.92 Å². The van der Waals surface area contributed by atoms with Gasteiger partial charge in [0.1, 0.15) is 0 Å². The van der Waals surface area contributed by atoms with Gasteiger partial charge >= 0.3 is 0 Å². The van der Waals surface area contributed by atoms with E-state index >= 15 is 0 Å². The van der Waals surface area contributed by atoms with E-state index in [1.807, 2.05) is 19.9 Å². The van der Waals surface area contributed by atoms with Crippen LogP contribution in [0.25, 0.3) is 0 Å². The van der Waals surface area contributed by atoms with E-state index in [1.165, 1.54) is 13.0 Å². The zero-order valence-corrected chi connectivity index (χ0v) is 8.30. The molecule has 1 fully saturated rings. The van der Waals surface area contributed by atoms with Gasteiger partial charge in [0.15, 0.2) is 0 Å². The molecule has 0 radical (unpaired) electrons. The van der Waals surface area contributed by atoms with Crippen molar-refractivity contribution in [3.8, 4) is 0 Å². The van der Waals surface area contributed by atoms with Gasteiger partial charge in [-0.3, -0.25) is 4.90 Å². The third kappa shape index (κ3) is 3.06. The zero-order valence-electron chi connectivity index (χ0n) is 8.30. The molecule has 11 heavy (non-hydrogen) atoms. The fourth-order valence-electron chi connectivity index (χ4n) is 1.57.